The van der Waals surface area contributed by atoms with Crippen LogP contribution >= 0.6 is 11.5 Å². The molecule has 3 aromatic heterocycles. The maximum absolute atomic E-state index is 14.5. The van der Waals surface area contributed by atoms with Crippen molar-refractivity contribution in [3.05, 3.63) is 58.0 Å². The van der Waals surface area contributed by atoms with Crippen LogP contribution in [0.2, 0.25) is 0 Å². The molecule has 0 bridgehead atoms. The summed E-state index contributed by atoms with van der Waals surface area (Å²) in [5.74, 6) is 0.443. The molecule has 1 aromatic carbocycles. The molecule has 0 aliphatic carbocycles. The number of nitrogens with one attached hydrogen (secondary N) is 2. The molecule has 2 aliphatic rings. The first-order valence-electron chi connectivity index (χ1n) is 15.7. The van der Waals surface area contributed by atoms with Gasteiger partial charge in [-0.1, -0.05) is 19.8 Å². The van der Waals surface area contributed by atoms with E-state index in [1.165, 1.54) is 53.6 Å². The van der Waals surface area contributed by atoms with Gasteiger partial charge in [0, 0.05) is 30.6 Å². The Hall–Kier alpha value is -6.35. The van der Waals surface area contributed by atoms with Crippen molar-refractivity contribution in [1.82, 2.24) is 28.6 Å². The Bertz CT molecular complexity index is 2420. The molecule has 18 nitrogen and oxygen atoms in total. The molecule has 0 spiro atoms. The molecular weight excluding hydrogens is 795 g/mol. The molecule has 56 heavy (non-hydrogen) atoms. The van der Waals surface area contributed by atoms with E-state index >= 15 is 0 Å². The predicted molar refractivity (Wildman–Crippen MR) is 187 cm³/mol. The molecule has 0 saturated carbocycles. The Kier molecular flexibility index (Phi) is 11.5. The molecule has 5 heterocycles. The highest BCUT2D eigenvalue weighted by molar-refractivity contribution is 7.90. The number of halogens is 4. The van der Waals surface area contributed by atoms with Crippen molar-refractivity contribution < 1.29 is 59.7 Å². The fraction of sp³-hybridized carbons (Fsp3) is 0.312. The highest BCUT2D eigenvalue weighted by atomic mass is 32.2. The molecule has 296 valence electrons. The van der Waals surface area contributed by atoms with Crippen molar-refractivity contribution in [3.63, 3.8) is 0 Å². The number of ether oxygens (including phenoxy) is 3. The number of hydrogen-bond acceptors (Lipinski definition) is 14. The van der Waals surface area contributed by atoms with Crippen LogP contribution in [0.25, 0.3) is 0 Å². The number of nitrogens with zero attached hydrogens (tertiary/aromatic N) is 7. The summed E-state index contributed by atoms with van der Waals surface area (Å²) in [5, 5.41) is 9.44. The summed E-state index contributed by atoms with van der Waals surface area (Å²) in [5.41, 5.74) is -2.07. The van der Waals surface area contributed by atoms with Crippen LogP contribution in [0.5, 0.6) is 17.5 Å². The number of hydrogen-bond donors (Lipinski definition) is 3. The number of terminal acetylenes is 1. The number of fused-ring (bicyclic) bond motifs is 2. The third-order valence-electron chi connectivity index (χ3n) is 7.62. The van der Waals surface area contributed by atoms with E-state index in [-0.39, 0.29) is 41.9 Å². The van der Waals surface area contributed by atoms with Gasteiger partial charge in [0.15, 0.2) is 17.5 Å². The van der Waals surface area contributed by atoms with Gasteiger partial charge in [-0.2, -0.15) is 35.9 Å². The second-order valence-electron chi connectivity index (χ2n) is 12.4. The van der Waals surface area contributed by atoms with Crippen LogP contribution < -0.4 is 34.0 Å². The molecule has 2 aliphatic heterocycles. The number of methoxy groups -OCH3 is 2. The molecule has 0 radical (unpaired) electrons. The molecule has 6 rings (SSSR count). The van der Waals surface area contributed by atoms with Gasteiger partial charge in [-0.3, -0.25) is 15.0 Å². The SMILES string of the molecule is C#CCN1C(=O)COc2cc(F)c(N=c3snc4n3CC(C)(C)C4)cc21.COc1cc(OC)nc(NC(=O)NS(=O)(=O)c2nc(C(F)(F)F)ccc2C(=O)O)n1. The van der Waals surface area contributed by atoms with Gasteiger partial charge in [0.25, 0.3) is 15.9 Å². The lowest BCUT2D eigenvalue weighted by Crippen LogP contribution is -2.39. The minimum atomic E-state index is -5.14. The molecule has 24 heteroatoms. The number of aromatic nitrogens is 5. The van der Waals surface area contributed by atoms with Gasteiger partial charge >= 0.3 is 18.2 Å². The largest absolute Gasteiger partial charge is 0.481 e. The molecular formula is C32H29F4N9O9S2. The van der Waals surface area contributed by atoms with Gasteiger partial charge in [-0.25, -0.2) is 28.7 Å². The second kappa shape index (κ2) is 15.8. The number of sulfonamides is 1. The van der Waals surface area contributed by atoms with E-state index in [1.807, 2.05) is 9.88 Å². The molecule has 3 N–H and O–H groups in total. The topological polar surface area (TPSA) is 229 Å². The fourth-order valence-corrected chi connectivity index (χ4v) is 6.99. The lowest BCUT2D eigenvalue weighted by Gasteiger charge is -2.28. The number of benzene rings is 1. The van der Waals surface area contributed by atoms with Crippen molar-refractivity contribution in [2.24, 2.45) is 10.4 Å². The molecule has 0 fully saturated rings. The monoisotopic (exact) mass is 823 g/mol. The smallest absolute Gasteiger partial charge is 0.433 e. The first-order chi connectivity index (χ1) is 26.2. The van der Waals surface area contributed by atoms with E-state index in [1.54, 1.807) is 0 Å². The van der Waals surface area contributed by atoms with E-state index in [0.717, 1.165) is 18.8 Å². The van der Waals surface area contributed by atoms with Crippen LogP contribution in [0.4, 0.5) is 39.7 Å². The Labute approximate surface area is 318 Å². The molecule has 4 aromatic rings. The third kappa shape index (κ3) is 9.12. The number of carboxylic acid groups (broad SMARTS) is 1. The maximum atomic E-state index is 14.5. The van der Waals surface area contributed by atoms with Gasteiger partial charge in [0.05, 0.1) is 38.1 Å². The average molecular weight is 824 g/mol. The zero-order valence-corrected chi connectivity index (χ0v) is 31.1. The summed E-state index contributed by atoms with van der Waals surface area (Å²) in [6, 6.07) is 3.18. The number of alkyl halides is 3. The Morgan fingerprint density at radius 3 is 2.43 bits per heavy atom. The summed E-state index contributed by atoms with van der Waals surface area (Å²) in [6.07, 6.45) is 1.16. The highest BCUT2D eigenvalue weighted by Gasteiger charge is 2.37. The number of urea groups is 1. The average Bonchev–Trinajstić information content (AvgIpc) is 3.63. The van der Waals surface area contributed by atoms with Crippen molar-refractivity contribution in [3.8, 4) is 29.9 Å². The van der Waals surface area contributed by atoms with Crippen LogP contribution in [0.15, 0.2) is 40.4 Å². The first-order valence-corrected chi connectivity index (χ1v) is 17.9. The number of pyridine rings is 1. The lowest BCUT2D eigenvalue weighted by molar-refractivity contribution is -0.141. The number of amides is 3. The molecule has 0 atom stereocenters. The minimum absolute atomic E-state index is 0.0623. The van der Waals surface area contributed by atoms with Crippen molar-refractivity contribution >= 4 is 56.8 Å². The van der Waals surface area contributed by atoms with E-state index in [9.17, 15) is 40.4 Å². The Morgan fingerprint density at radius 2 is 1.82 bits per heavy atom. The van der Waals surface area contributed by atoms with E-state index in [0.29, 0.717) is 28.4 Å². The zero-order chi connectivity index (χ0) is 41.2. The summed E-state index contributed by atoms with van der Waals surface area (Å²) >= 11 is 1.24. The Morgan fingerprint density at radius 1 is 1.14 bits per heavy atom. The van der Waals surface area contributed by atoms with Crippen molar-refractivity contribution in [2.45, 2.75) is 38.0 Å². The number of carbonyl (C=O) groups excluding carboxylic acids is 2. The number of aromatic carboxylic acids is 1. The van der Waals surface area contributed by atoms with Crippen molar-refractivity contribution in [2.75, 3.05) is 37.6 Å². The van der Waals surface area contributed by atoms with Crippen LogP contribution in [-0.2, 0) is 34.0 Å². The fourth-order valence-electron chi connectivity index (χ4n) is 5.18. The van der Waals surface area contributed by atoms with Crippen molar-refractivity contribution in [1.29, 1.82) is 0 Å². The van der Waals surface area contributed by atoms with E-state index in [2.05, 4.69) is 44.1 Å². The first kappa shape index (κ1) is 40.8. The van der Waals surface area contributed by atoms with Crippen LogP contribution in [0.1, 0.15) is 35.7 Å². The van der Waals surface area contributed by atoms with Gasteiger partial charge < -0.3 is 23.9 Å². The van der Waals surface area contributed by atoms with Crippen LogP contribution in [0.3, 0.4) is 0 Å². The molecule has 3 amide bonds. The maximum Gasteiger partial charge on any atom is 0.433 e. The standard InChI is InChI=1S/C18H17FN4O2S.C14H12F3N5O7S/c1-4-5-22-13-7-12(11(19)6-14(13)25-9-16(22)24)20-17-23-10-18(2,3)8-15(23)21-26-17;1-28-8-5-9(29-2)20-12(19-8)21-13(25)22-30(26,27)10-6(11(23)24)3-4-7(18-10)14(15,16)17/h1,6-7H,5,8-10H2,2-3H3;3-5H,1-2H3,(H,23,24)(H2,19,20,21,22,25). The van der Waals surface area contributed by atoms with Gasteiger partial charge in [-0.05, 0) is 23.6 Å². The van der Waals surface area contributed by atoms with Gasteiger partial charge in [-0.15, -0.1) is 6.42 Å². The highest BCUT2D eigenvalue weighted by Crippen LogP contribution is 2.38. The molecule has 0 unspecified atom stereocenters. The summed E-state index contributed by atoms with van der Waals surface area (Å²) in [7, 11) is -2.66. The summed E-state index contributed by atoms with van der Waals surface area (Å²) in [6.45, 7) is 5.05. The summed E-state index contributed by atoms with van der Waals surface area (Å²) in [4.78, 5) is 52.0. The number of anilines is 2. The normalized spacial score (nSPS) is 14.7. The molecule has 0 saturated heterocycles. The quantitative estimate of drug-likeness (QED) is 0.171. The summed E-state index contributed by atoms with van der Waals surface area (Å²) < 4.78 is 100. The van der Waals surface area contributed by atoms with Crippen LogP contribution in [0, 0.1) is 23.6 Å². The zero-order valence-electron chi connectivity index (χ0n) is 29.5. The van der Waals surface area contributed by atoms with Gasteiger partial charge in [0.1, 0.15) is 23.0 Å². The lowest BCUT2D eigenvalue weighted by atomic mass is 9.92. The van der Waals surface area contributed by atoms with E-state index < -0.39 is 56.2 Å². The minimum Gasteiger partial charge on any atom is -0.481 e. The Balaban J connectivity index is 0.000000216. The third-order valence-corrected chi connectivity index (χ3v) is 9.67. The van der Waals surface area contributed by atoms with Gasteiger partial charge in [0.2, 0.25) is 22.5 Å². The van der Waals surface area contributed by atoms with E-state index in [4.69, 9.17) is 25.7 Å². The number of rotatable bonds is 8. The number of carbonyl (C=O) groups is 3. The van der Waals surface area contributed by atoms with Crippen LogP contribution in [-0.4, -0.2) is 82.7 Å². The number of carboxylic acids is 1. The predicted octanol–water partition coefficient (Wildman–Crippen LogP) is 3.37. The second-order valence-corrected chi connectivity index (χ2v) is 14.7.